The first-order valence-corrected chi connectivity index (χ1v) is 11.3. The highest BCUT2D eigenvalue weighted by molar-refractivity contribution is 5.85. The van der Waals surface area contributed by atoms with Crippen molar-refractivity contribution in [3.05, 3.63) is 47.5 Å². The van der Waals surface area contributed by atoms with E-state index in [1.807, 2.05) is 17.0 Å². The average Bonchev–Trinajstić information content (AvgIpc) is 3.53. The van der Waals surface area contributed by atoms with E-state index in [9.17, 15) is 9.59 Å². The zero-order valence-electron chi connectivity index (χ0n) is 18.9. The quantitative estimate of drug-likeness (QED) is 0.455. The molecule has 0 radical (unpaired) electrons. The van der Waals surface area contributed by atoms with Crippen LogP contribution in [0.1, 0.15) is 24.0 Å². The molecule has 0 aromatic heterocycles. The number of amides is 2. The Balaban J connectivity index is 1.01. The number of hydrogen-bond donors (Lipinski definition) is 2. The van der Waals surface area contributed by atoms with Crippen molar-refractivity contribution in [2.75, 3.05) is 33.2 Å². The van der Waals surface area contributed by atoms with Gasteiger partial charge in [0.15, 0.2) is 23.0 Å². The van der Waals surface area contributed by atoms with Gasteiger partial charge in [0.25, 0.3) is 5.91 Å². The Hall–Kier alpha value is -4.12. The normalized spacial score (nSPS) is 17.3. The Morgan fingerprint density at radius 3 is 1.97 bits per heavy atom. The van der Waals surface area contributed by atoms with E-state index in [2.05, 4.69) is 21.1 Å². The van der Waals surface area contributed by atoms with Gasteiger partial charge in [-0.3, -0.25) is 14.5 Å². The minimum absolute atomic E-state index is 0.126. The lowest BCUT2D eigenvalue weighted by molar-refractivity contribution is -0.126. The van der Waals surface area contributed by atoms with Gasteiger partial charge in [-0.1, -0.05) is 0 Å². The van der Waals surface area contributed by atoms with Crippen molar-refractivity contribution >= 4 is 24.2 Å². The molecule has 2 aromatic carbocycles. The van der Waals surface area contributed by atoms with Crippen LogP contribution in [0.5, 0.6) is 23.0 Å². The Labute approximate surface area is 201 Å². The van der Waals surface area contributed by atoms with Gasteiger partial charge in [0, 0.05) is 5.92 Å². The summed E-state index contributed by atoms with van der Waals surface area (Å²) in [7, 11) is 0. The molecule has 1 saturated heterocycles. The van der Waals surface area contributed by atoms with Gasteiger partial charge in [-0.2, -0.15) is 10.2 Å². The molecule has 2 N–H and O–H groups in total. The molecule has 35 heavy (non-hydrogen) atoms. The number of piperidine rings is 1. The Bertz CT molecular complexity index is 1160. The van der Waals surface area contributed by atoms with Crippen LogP contribution in [0.4, 0.5) is 0 Å². The van der Waals surface area contributed by atoms with Crippen LogP contribution in [0.25, 0.3) is 0 Å². The van der Waals surface area contributed by atoms with Crippen LogP contribution in [0, 0.1) is 5.92 Å². The molecule has 11 heteroatoms. The second-order valence-corrected chi connectivity index (χ2v) is 8.30. The van der Waals surface area contributed by atoms with Crippen molar-refractivity contribution < 1.29 is 28.5 Å². The van der Waals surface area contributed by atoms with Crippen molar-refractivity contribution in [1.82, 2.24) is 15.8 Å². The number of carbonyl (C=O) groups is 2. The molecule has 0 saturated carbocycles. The standard InChI is InChI=1S/C24H25N5O6/c30-23(27-25-11-16-1-3-19-21(9-16)34-14-32-19)13-29-7-5-18(6-8-29)24(31)28-26-12-17-2-4-20-22(10-17)35-15-33-20/h1-4,9-12,18H,5-8,13-15H2,(H,27,30)(H,28,31). The van der Waals surface area contributed by atoms with Gasteiger partial charge < -0.3 is 18.9 Å². The lowest BCUT2D eigenvalue weighted by atomic mass is 9.96. The average molecular weight is 479 g/mol. The topological polar surface area (TPSA) is 123 Å². The van der Waals surface area contributed by atoms with Gasteiger partial charge in [-0.15, -0.1) is 0 Å². The fourth-order valence-electron chi connectivity index (χ4n) is 4.02. The maximum Gasteiger partial charge on any atom is 0.254 e. The fraction of sp³-hybridized carbons (Fsp3) is 0.333. The molecule has 2 amide bonds. The second-order valence-electron chi connectivity index (χ2n) is 8.30. The molecular weight excluding hydrogens is 454 g/mol. The molecule has 0 atom stereocenters. The van der Waals surface area contributed by atoms with Crippen LogP contribution in [0.2, 0.25) is 0 Å². The van der Waals surface area contributed by atoms with Crippen molar-refractivity contribution in [2.24, 2.45) is 16.1 Å². The second kappa shape index (κ2) is 10.4. The third-order valence-corrected chi connectivity index (χ3v) is 5.91. The Morgan fingerprint density at radius 2 is 1.37 bits per heavy atom. The first-order valence-electron chi connectivity index (χ1n) is 11.3. The highest BCUT2D eigenvalue weighted by Gasteiger charge is 2.25. The van der Waals surface area contributed by atoms with E-state index in [4.69, 9.17) is 18.9 Å². The Kier molecular flexibility index (Phi) is 6.75. The van der Waals surface area contributed by atoms with Crippen LogP contribution in [-0.2, 0) is 9.59 Å². The minimum atomic E-state index is -0.210. The summed E-state index contributed by atoms with van der Waals surface area (Å²) in [5.74, 6) is 2.23. The molecule has 182 valence electrons. The molecule has 0 aliphatic carbocycles. The van der Waals surface area contributed by atoms with Gasteiger partial charge in [0.2, 0.25) is 19.5 Å². The zero-order valence-corrected chi connectivity index (χ0v) is 18.9. The van der Waals surface area contributed by atoms with Crippen LogP contribution < -0.4 is 29.8 Å². The monoisotopic (exact) mass is 479 g/mol. The number of hydrogen-bond acceptors (Lipinski definition) is 9. The van der Waals surface area contributed by atoms with E-state index in [1.165, 1.54) is 0 Å². The smallest absolute Gasteiger partial charge is 0.254 e. The molecule has 0 spiro atoms. The van der Waals surface area contributed by atoms with E-state index in [-0.39, 0.29) is 37.9 Å². The summed E-state index contributed by atoms with van der Waals surface area (Å²) in [6.07, 6.45) is 4.43. The summed E-state index contributed by atoms with van der Waals surface area (Å²) >= 11 is 0. The predicted octanol–water partition coefficient (Wildman–Crippen LogP) is 1.46. The molecule has 1 fully saturated rings. The molecule has 5 rings (SSSR count). The summed E-state index contributed by atoms with van der Waals surface area (Å²) in [5, 5.41) is 8.07. The predicted molar refractivity (Wildman–Crippen MR) is 126 cm³/mol. The number of likely N-dealkylation sites (tertiary alicyclic amines) is 1. The molecule has 11 nitrogen and oxygen atoms in total. The Morgan fingerprint density at radius 1 is 0.829 bits per heavy atom. The maximum atomic E-state index is 12.4. The molecule has 0 unspecified atom stereocenters. The van der Waals surface area contributed by atoms with Crippen molar-refractivity contribution in [3.8, 4) is 23.0 Å². The molecular formula is C24H25N5O6. The van der Waals surface area contributed by atoms with E-state index >= 15 is 0 Å². The summed E-state index contributed by atoms with van der Waals surface area (Å²) in [6, 6.07) is 10.9. The first-order chi connectivity index (χ1) is 17.1. The van der Waals surface area contributed by atoms with E-state index in [0.717, 1.165) is 11.1 Å². The fourth-order valence-corrected chi connectivity index (χ4v) is 4.02. The number of nitrogens with one attached hydrogen (secondary N) is 2. The molecule has 3 heterocycles. The van der Waals surface area contributed by atoms with E-state index in [1.54, 1.807) is 36.7 Å². The highest BCUT2D eigenvalue weighted by atomic mass is 16.7. The minimum Gasteiger partial charge on any atom is -0.454 e. The number of rotatable bonds is 7. The summed E-state index contributed by atoms with van der Waals surface area (Å²) in [5.41, 5.74) is 6.75. The lowest BCUT2D eigenvalue weighted by Crippen LogP contribution is -2.43. The van der Waals surface area contributed by atoms with Gasteiger partial charge >= 0.3 is 0 Å². The number of fused-ring (bicyclic) bond motifs is 2. The van der Waals surface area contributed by atoms with E-state index in [0.29, 0.717) is 48.9 Å². The van der Waals surface area contributed by atoms with E-state index < -0.39 is 0 Å². The number of nitrogens with zero attached hydrogens (tertiary/aromatic N) is 3. The van der Waals surface area contributed by atoms with Crippen LogP contribution in [0.15, 0.2) is 46.6 Å². The SMILES string of the molecule is O=C(CN1CCC(C(=O)NN=Cc2ccc3c(c2)OCO3)CC1)NN=Cc1ccc2c(c1)OCO2. The maximum absolute atomic E-state index is 12.4. The molecule has 0 bridgehead atoms. The van der Waals surface area contributed by atoms with Gasteiger partial charge in [0.05, 0.1) is 19.0 Å². The largest absolute Gasteiger partial charge is 0.454 e. The number of ether oxygens (including phenoxy) is 4. The van der Waals surface area contributed by atoms with Crippen LogP contribution in [-0.4, -0.2) is 62.4 Å². The van der Waals surface area contributed by atoms with Crippen molar-refractivity contribution in [2.45, 2.75) is 12.8 Å². The van der Waals surface area contributed by atoms with Crippen molar-refractivity contribution in [3.63, 3.8) is 0 Å². The lowest BCUT2D eigenvalue weighted by Gasteiger charge is -2.30. The third kappa shape index (κ3) is 5.69. The molecule has 2 aromatic rings. The number of carbonyl (C=O) groups excluding carboxylic acids is 2. The van der Waals surface area contributed by atoms with Crippen molar-refractivity contribution in [1.29, 1.82) is 0 Å². The third-order valence-electron chi connectivity index (χ3n) is 5.91. The summed E-state index contributed by atoms with van der Waals surface area (Å²) in [4.78, 5) is 26.7. The summed E-state index contributed by atoms with van der Waals surface area (Å²) < 4.78 is 21.2. The summed E-state index contributed by atoms with van der Waals surface area (Å²) in [6.45, 7) is 1.92. The highest BCUT2D eigenvalue weighted by Crippen LogP contribution is 2.32. The van der Waals surface area contributed by atoms with Crippen LogP contribution in [0.3, 0.4) is 0 Å². The number of benzene rings is 2. The van der Waals surface area contributed by atoms with Gasteiger partial charge in [-0.05, 0) is 73.5 Å². The van der Waals surface area contributed by atoms with Crippen LogP contribution >= 0.6 is 0 Å². The number of hydrazone groups is 2. The first kappa shape index (κ1) is 22.7. The molecule has 3 aliphatic rings. The van der Waals surface area contributed by atoms with Gasteiger partial charge in [0.1, 0.15) is 0 Å². The molecule has 3 aliphatic heterocycles. The zero-order chi connectivity index (χ0) is 24.0. The van der Waals surface area contributed by atoms with Gasteiger partial charge in [-0.25, -0.2) is 10.9 Å².